The first-order valence-corrected chi connectivity index (χ1v) is 8.29. The number of rotatable bonds is 7. The van der Waals surface area contributed by atoms with E-state index in [1.54, 1.807) is 0 Å². The normalized spacial score (nSPS) is 16.6. The minimum Gasteiger partial charge on any atom is -0.367 e. The molecule has 122 valence electrons. The van der Waals surface area contributed by atoms with Crippen LogP contribution in [0.4, 0.5) is 0 Å². The van der Waals surface area contributed by atoms with Crippen LogP contribution in [0.3, 0.4) is 0 Å². The fraction of sp³-hybridized carbons (Fsp3) is 0.588. The molecule has 0 aliphatic carbocycles. The van der Waals surface area contributed by atoms with Gasteiger partial charge in [-0.25, -0.2) is 0 Å². The summed E-state index contributed by atoms with van der Waals surface area (Å²) in [6, 6.07) is 7.51. The van der Waals surface area contributed by atoms with Crippen molar-refractivity contribution in [3.63, 3.8) is 0 Å². The van der Waals surface area contributed by atoms with E-state index in [9.17, 15) is 4.79 Å². The minimum absolute atomic E-state index is 0.0556. The lowest BCUT2D eigenvalue weighted by molar-refractivity contribution is -0.126. The molecule has 1 saturated heterocycles. The van der Waals surface area contributed by atoms with Crippen LogP contribution in [-0.4, -0.2) is 44.1 Å². The molecule has 0 saturated carbocycles. The molecule has 0 radical (unpaired) electrons. The van der Waals surface area contributed by atoms with Crippen molar-refractivity contribution in [2.45, 2.75) is 25.9 Å². The van der Waals surface area contributed by atoms with Crippen LogP contribution < -0.4 is 5.32 Å². The van der Waals surface area contributed by atoms with Gasteiger partial charge in [0.25, 0.3) is 0 Å². The highest BCUT2D eigenvalue weighted by atomic mass is 35.5. The first-order valence-electron chi connectivity index (χ1n) is 7.91. The van der Waals surface area contributed by atoms with Gasteiger partial charge in [0, 0.05) is 11.6 Å². The summed E-state index contributed by atoms with van der Waals surface area (Å²) in [6.45, 7) is 3.52. The lowest BCUT2D eigenvalue weighted by atomic mass is 9.94. The molecule has 1 heterocycles. The third-order valence-corrected chi connectivity index (χ3v) is 4.53. The van der Waals surface area contributed by atoms with E-state index in [0.717, 1.165) is 24.4 Å². The minimum atomic E-state index is -0.0556. The van der Waals surface area contributed by atoms with Gasteiger partial charge in [0.15, 0.2) is 0 Å². The molecule has 0 atom stereocenters. The molecule has 1 amide bonds. The topological polar surface area (TPSA) is 41.6 Å². The maximum atomic E-state index is 11.7. The van der Waals surface area contributed by atoms with Crippen LogP contribution in [0.25, 0.3) is 0 Å². The molecular weight excluding hydrogens is 300 g/mol. The van der Waals surface area contributed by atoms with E-state index in [1.807, 2.05) is 24.3 Å². The number of hydrogen-bond acceptors (Lipinski definition) is 3. The Kier molecular flexibility index (Phi) is 7.16. The zero-order valence-electron chi connectivity index (χ0n) is 13.2. The van der Waals surface area contributed by atoms with Crippen LogP contribution in [0.15, 0.2) is 24.3 Å². The summed E-state index contributed by atoms with van der Waals surface area (Å²) < 4.78 is 5.42. The maximum absolute atomic E-state index is 11.7. The van der Waals surface area contributed by atoms with Crippen molar-refractivity contribution < 1.29 is 9.53 Å². The summed E-state index contributed by atoms with van der Waals surface area (Å²) in [5, 5.41) is 3.60. The van der Waals surface area contributed by atoms with E-state index < -0.39 is 0 Å². The van der Waals surface area contributed by atoms with Crippen molar-refractivity contribution in [2.75, 3.05) is 33.3 Å². The van der Waals surface area contributed by atoms with Gasteiger partial charge in [0.2, 0.25) is 5.91 Å². The molecule has 0 aromatic heterocycles. The van der Waals surface area contributed by atoms with E-state index in [4.69, 9.17) is 16.3 Å². The lowest BCUT2D eigenvalue weighted by Gasteiger charge is -2.28. The monoisotopic (exact) mass is 324 g/mol. The van der Waals surface area contributed by atoms with E-state index in [-0.39, 0.29) is 12.5 Å². The Labute approximate surface area is 137 Å². The SMILES string of the molecule is CN1CCC(CCNC(=O)COCc2ccccc2Cl)CC1. The molecule has 0 unspecified atom stereocenters. The molecule has 1 aliphatic rings. The van der Waals surface area contributed by atoms with Gasteiger partial charge in [0.05, 0.1) is 6.61 Å². The third-order valence-electron chi connectivity index (χ3n) is 4.16. The van der Waals surface area contributed by atoms with Gasteiger partial charge in [-0.2, -0.15) is 0 Å². The third kappa shape index (κ3) is 5.95. The van der Waals surface area contributed by atoms with Gasteiger partial charge in [-0.1, -0.05) is 29.8 Å². The second kappa shape index (κ2) is 9.13. The number of benzene rings is 1. The molecule has 22 heavy (non-hydrogen) atoms. The van der Waals surface area contributed by atoms with E-state index >= 15 is 0 Å². The zero-order chi connectivity index (χ0) is 15.8. The highest BCUT2D eigenvalue weighted by Gasteiger charge is 2.16. The van der Waals surface area contributed by atoms with Crippen LogP contribution >= 0.6 is 11.6 Å². The van der Waals surface area contributed by atoms with Crippen molar-refractivity contribution in [2.24, 2.45) is 5.92 Å². The first kappa shape index (κ1) is 17.3. The smallest absolute Gasteiger partial charge is 0.246 e. The standard InChI is InChI=1S/C17H25ClN2O2/c1-20-10-7-14(8-11-20)6-9-19-17(21)13-22-12-15-4-2-3-5-16(15)18/h2-5,14H,6-13H2,1H3,(H,19,21). The highest BCUT2D eigenvalue weighted by Crippen LogP contribution is 2.18. The number of nitrogens with zero attached hydrogens (tertiary/aromatic N) is 1. The van der Waals surface area contributed by atoms with Crippen LogP contribution in [0, 0.1) is 5.92 Å². The molecule has 1 aromatic carbocycles. The van der Waals surface area contributed by atoms with Gasteiger partial charge in [-0.05, 0) is 56.9 Å². The Morgan fingerprint density at radius 2 is 2.09 bits per heavy atom. The Balaban J connectivity index is 1.55. The molecule has 0 spiro atoms. The Bertz CT molecular complexity index is 473. The number of halogens is 1. The summed E-state index contributed by atoms with van der Waals surface area (Å²) in [7, 11) is 2.16. The number of carbonyl (C=O) groups is 1. The van der Waals surface area contributed by atoms with Crippen molar-refractivity contribution in [1.82, 2.24) is 10.2 Å². The van der Waals surface area contributed by atoms with Crippen LogP contribution in [-0.2, 0) is 16.1 Å². The summed E-state index contributed by atoms with van der Waals surface area (Å²) in [5.41, 5.74) is 0.906. The predicted molar refractivity (Wildman–Crippen MR) is 89.0 cm³/mol. The largest absolute Gasteiger partial charge is 0.367 e. The number of ether oxygens (including phenoxy) is 1. The summed E-state index contributed by atoms with van der Waals surface area (Å²) in [5.74, 6) is 0.681. The van der Waals surface area contributed by atoms with Gasteiger partial charge < -0.3 is 15.0 Å². The average Bonchev–Trinajstić information content (AvgIpc) is 2.51. The second-order valence-corrected chi connectivity index (χ2v) is 6.38. The van der Waals surface area contributed by atoms with Gasteiger partial charge in [-0.15, -0.1) is 0 Å². The fourth-order valence-electron chi connectivity index (χ4n) is 2.69. The lowest BCUT2D eigenvalue weighted by Crippen LogP contribution is -2.33. The summed E-state index contributed by atoms with van der Waals surface area (Å²) in [6.07, 6.45) is 3.52. The number of carbonyl (C=O) groups excluding carboxylic acids is 1. The predicted octanol–water partition coefficient (Wildman–Crippen LogP) is 2.70. The Morgan fingerprint density at radius 1 is 1.36 bits per heavy atom. The van der Waals surface area contributed by atoms with Crippen LogP contribution in [0.2, 0.25) is 5.02 Å². The number of amides is 1. The summed E-state index contributed by atoms with van der Waals surface area (Å²) >= 11 is 6.04. The molecule has 4 nitrogen and oxygen atoms in total. The van der Waals surface area contributed by atoms with Crippen molar-refractivity contribution in [1.29, 1.82) is 0 Å². The maximum Gasteiger partial charge on any atom is 0.246 e. The Morgan fingerprint density at radius 3 is 2.82 bits per heavy atom. The Hall–Kier alpha value is -1.10. The van der Waals surface area contributed by atoms with Gasteiger partial charge in [-0.3, -0.25) is 4.79 Å². The van der Waals surface area contributed by atoms with Crippen LogP contribution in [0.1, 0.15) is 24.8 Å². The number of likely N-dealkylation sites (tertiary alicyclic amines) is 1. The van der Waals surface area contributed by atoms with Crippen molar-refractivity contribution in [3.8, 4) is 0 Å². The number of nitrogens with one attached hydrogen (secondary N) is 1. The fourth-order valence-corrected chi connectivity index (χ4v) is 2.88. The molecule has 5 heteroatoms. The molecule has 1 N–H and O–H groups in total. The van der Waals surface area contributed by atoms with E-state index in [1.165, 1.54) is 25.9 Å². The van der Waals surface area contributed by atoms with E-state index in [0.29, 0.717) is 11.6 Å². The molecule has 1 aliphatic heterocycles. The second-order valence-electron chi connectivity index (χ2n) is 5.97. The molecule has 1 fully saturated rings. The average molecular weight is 325 g/mol. The first-order chi connectivity index (χ1) is 10.6. The van der Waals surface area contributed by atoms with E-state index in [2.05, 4.69) is 17.3 Å². The number of piperidine rings is 1. The molecular formula is C17H25ClN2O2. The van der Waals surface area contributed by atoms with Crippen molar-refractivity contribution >= 4 is 17.5 Å². The highest BCUT2D eigenvalue weighted by molar-refractivity contribution is 6.31. The molecule has 0 bridgehead atoms. The van der Waals surface area contributed by atoms with Crippen molar-refractivity contribution in [3.05, 3.63) is 34.9 Å². The molecule has 2 rings (SSSR count). The molecule has 1 aromatic rings. The van der Waals surface area contributed by atoms with Gasteiger partial charge >= 0.3 is 0 Å². The van der Waals surface area contributed by atoms with Crippen LogP contribution in [0.5, 0.6) is 0 Å². The van der Waals surface area contributed by atoms with Gasteiger partial charge in [0.1, 0.15) is 6.61 Å². The zero-order valence-corrected chi connectivity index (χ0v) is 13.9. The number of hydrogen-bond donors (Lipinski definition) is 1. The quantitative estimate of drug-likeness (QED) is 0.838. The summed E-state index contributed by atoms with van der Waals surface area (Å²) in [4.78, 5) is 14.1.